The molecule has 1 rings (SSSR count). The van der Waals surface area contributed by atoms with Crippen LogP contribution in [0.1, 0.15) is 40.5 Å². The highest BCUT2D eigenvalue weighted by molar-refractivity contribution is 5.09. The van der Waals surface area contributed by atoms with Crippen molar-refractivity contribution in [2.45, 2.75) is 65.0 Å². The highest BCUT2D eigenvalue weighted by Gasteiger charge is 2.36. The number of aliphatic hydroxyl groups excluding tert-OH is 4. The first-order valence-electron chi connectivity index (χ1n) is 7.16. The van der Waals surface area contributed by atoms with Gasteiger partial charge in [0.2, 0.25) is 0 Å². The molecule has 0 saturated carbocycles. The van der Waals surface area contributed by atoms with Gasteiger partial charge in [0.1, 0.15) is 0 Å². The lowest BCUT2D eigenvalue weighted by Gasteiger charge is -2.37. The maximum Gasteiger partial charge on any atom is 0.0833 e. The van der Waals surface area contributed by atoms with Crippen molar-refractivity contribution in [2.24, 2.45) is 17.8 Å². The van der Waals surface area contributed by atoms with E-state index in [0.29, 0.717) is 12.8 Å². The van der Waals surface area contributed by atoms with E-state index in [0.717, 1.165) is 5.57 Å². The minimum absolute atomic E-state index is 0.160. The van der Waals surface area contributed by atoms with E-state index < -0.39 is 24.4 Å². The molecule has 0 bridgehead atoms. The standard InChI is InChI=1S/C15H28O4/c1-8(2)14-10(4)13(18)7-9(3)11(16)5-6-12(17)15(14)19/h7-8,10-19H,5-6H2,1-4H3. The van der Waals surface area contributed by atoms with Gasteiger partial charge in [0.15, 0.2) is 0 Å². The Morgan fingerprint density at radius 1 is 1.11 bits per heavy atom. The summed E-state index contributed by atoms with van der Waals surface area (Å²) >= 11 is 0. The second-order valence-corrected chi connectivity index (χ2v) is 6.23. The molecular weight excluding hydrogens is 244 g/mol. The number of rotatable bonds is 1. The first-order valence-corrected chi connectivity index (χ1v) is 7.16. The quantitative estimate of drug-likeness (QED) is 0.538. The first-order chi connectivity index (χ1) is 8.75. The van der Waals surface area contributed by atoms with E-state index >= 15 is 0 Å². The predicted molar refractivity (Wildman–Crippen MR) is 74.5 cm³/mol. The summed E-state index contributed by atoms with van der Waals surface area (Å²) in [6.07, 6.45) is -0.686. The van der Waals surface area contributed by atoms with E-state index in [9.17, 15) is 20.4 Å². The molecule has 1 aliphatic carbocycles. The van der Waals surface area contributed by atoms with Crippen LogP contribution < -0.4 is 0 Å². The van der Waals surface area contributed by atoms with Crippen molar-refractivity contribution in [3.63, 3.8) is 0 Å². The molecule has 4 N–H and O–H groups in total. The molecule has 0 aromatic rings. The zero-order chi connectivity index (χ0) is 14.7. The van der Waals surface area contributed by atoms with Crippen LogP contribution in [0.5, 0.6) is 0 Å². The second kappa shape index (κ2) is 6.84. The Hall–Kier alpha value is -0.420. The molecular formula is C15H28O4. The molecule has 0 heterocycles. The Morgan fingerprint density at radius 2 is 1.68 bits per heavy atom. The number of hydrogen-bond donors (Lipinski definition) is 4. The lowest BCUT2D eigenvalue weighted by Crippen LogP contribution is -2.43. The Balaban J connectivity index is 3.07. The smallest absolute Gasteiger partial charge is 0.0833 e. The third-order valence-electron chi connectivity index (χ3n) is 4.40. The van der Waals surface area contributed by atoms with Gasteiger partial charge in [-0.05, 0) is 43.1 Å². The molecule has 1 aliphatic rings. The van der Waals surface area contributed by atoms with E-state index in [1.165, 1.54) is 0 Å². The molecule has 0 radical (unpaired) electrons. The zero-order valence-corrected chi connectivity index (χ0v) is 12.3. The van der Waals surface area contributed by atoms with E-state index in [1.807, 2.05) is 20.8 Å². The predicted octanol–water partition coefficient (Wildman–Crippen LogP) is 1.08. The van der Waals surface area contributed by atoms with Gasteiger partial charge in [-0.2, -0.15) is 0 Å². The van der Waals surface area contributed by atoms with Crippen LogP contribution in [0.4, 0.5) is 0 Å². The largest absolute Gasteiger partial charge is 0.390 e. The lowest BCUT2D eigenvalue weighted by molar-refractivity contribution is -0.0687. The minimum atomic E-state index is -0.872. The van der Waals surface area contributed by atoms with Crippen LogP contribution in [0.3, 0.4) is 0 Å². The molecule has 0 aromatic heterocycles. The van der Waals surface area contributed by atoms with Crippen LogP contribution >= 0.6 is 0 Å². The molecule has 112 valence electrons. The van der Waals surface area contributed by atoms with Crippen molar-refractivity contribution >= 4 is 0 Å². The lowest BCUT2D eigenvalue weighted by atomic mass is 9.74. The van der Waals surface area contributed by atoms with Crippen molar-refractivity contribution in [1.82, 2.24) is 0 Å². The average molecular weight is 272 g/mol. The molecule has 4 nitrogen and oxygen atoms in total. The summed E-state index contributed by atoms with van der Waals surface area (Å²) in [5.74, 6) is -0.193. The van der Waals surface area contributed by atoms with E-state index in [4.69, 9.17) is 0 Å². The van der Waals surface area contributed by atoms with E-state index in [1.54, 1.807) is 13.0 Å². The second-order valence-electron chi connectivity index (χ2n) is 6.23. The summed E-state index contributed by atoms with van der Waals surface area (Å²) in [7, 11) is 0. The van der Waals surface area contributed by atoms with Crippen molar-refractivity contribution in [1.29, 1.82) is 0 Å². The summed E-state index contributed by atoms with van der Waals surface area (Å²) in [6.45, 7) is 7.64. The molecule has 6 atom stereocenters. The van der Waals surface area contributed by atoms with Crippen molar-refractivity contribution in [3.8, 4) is 0 Å². The molecule has 0 fully saturated rings. The molecule has 19 heavy (non-hydrogen) atoms. The van der Waals surface area contributed by atoms with Crippen LogP contribution in [-0.4, -0.2) is 44.8 Å². The van der Waals surface area contributed by atoms with Gasteiger partial charge >= 0.3 is 0 Å². The monoisotopic (exact) mass is 272 g/mol. The van der Waals surface area contributed by atoms with Crippen molar-refractivity contribution in [3.05, 3.63) is 11.6 Å². The highest BCUT2D eigenvalue weighted by Crippen LogP contribution is 2.32. The maximum atomic E-state index is 10.3. The molecule has 0 amide bonds. The zero-order valence-electron chi connectivity index (χ0n) is 12.3. The van der Waals surface area contributed by atoms with Gasteiger partial charge in [0, 0.05) is 0 Å². The van der Waals surface area contributed by atoms with Gasteiger partial charge < -0.3 is 20.4 Å². The van der Waals surface area contributed by atoms with Crippen LogP contribution in [0.15, 0.2) is 11.6 Å². The third kappa shape index (κ3) is 4.02. The van der Waals surface area contributed by atoms with Gasteiger partial charge in [-0.15, -0.1) is 0 Å². The summed E-state index contributed by atoms with van der Waals surface area (Å²) in [5, 5.41) is 40.5. The Kier molecular flexibility index (Phi) is 5.99. The summed E-state index contributed by atoms with van der Waals surface area (Å²) in [6, 6.07) is 0. The van der Waals surface area contributed by atoms with Crippen LogP contribution in [0, 0.1) is 17.8 Å². The molecule has 0 spiro atoms. The molecule has 6 unspecified atom stereocenters. The highest BCUT2D eigenvalue weighted by atomic mass is 16.3. The van der Waals surface area contributed by atoms with Gasteiger partial charge in [0.25, 0.3) is 0 Å². The van der Waals surface area contributed by atoms with Gasteiger partial charge in [-0.3, -0.25) is 0 Å². The fourth-order valence-electron chi connectivity index (χ4n) is 3.06. The van der Waals surface area contributed by atoms with E-state index in [2.05, 4.69) is 0 Å². The summed E-state index contributed by atoms with van der Waals surface area (Å²) < 4.78 is 0. The average Bonchev–Trinajstić information content (AvgIpc) is 2.33. The Labute approximate surface area is 115 Å². The number of hydrogen-bond acceptors (Lipinski definition) is 4. The van der Waals surface area contributed by atoms with E-state index in [-0.39, 0.29) is 17.8 Å². The van der Waals surface area contributed by atoms with Crippen molar-refractivity contribution in [2.75, 3.05) is 0 Å². The topological polar surface area (TPSA) is 80.9 Å². The summed E-state index contributed by atoms with van der Waals surface area (Å²) in [4.78, 5) is 0. The summed E-state index contributed by atoms with van der Waals surface area (Å²) in [5.41, 5.74) is 0.727. The van der Waals surface area contributed by atoms with Gasteiger partial charge in [-0.1, -0.05) is 26.8 Å². The van der Waals surface area contributed by atoms with Crippen molar-refractivity contribution < 1.29 is 20.4 Å². The van der Waals surface area contributed by atoms with Crippen LogP contribution in [-0.2, 0) is 0 Å². The molecule has 4 heteroatoms. The maximum absolute atomic E-state index is 10.3. The van der Waals surface area contributed by atoms with Crippen LogP contribution in [0.25, 0.3) is 0 Å². The normalized spacial score (nSPS) is 42.1. The molecule has 0 aromatic carbocycles. The fourth-order valence-corrected chi connectivity index (χ4v) is 3.06. The number of aliphatic hydroxyl groups is 4. The Bertz CT molecular complexity index is 313. The third-order valence-corrected chi connectivity index (χ3v) is 4.40. The SMILES string of the molecule is CC1=CC(O)C(C)C(C(C)C)C(O)C(O)CCC1O. The molecule has 0 aliphatic heterocycles. The first kappa shape index (κ1) is 16.6. The Morgan fingerprint density at radius 3 is 2.21 bits per heavy atom. The van der Waals surface area contributed by atoms with Crippen LogP contribution in [0.2, 0.25) is 0 Å². The van der Waals surface area contributed by atoms with Gasteiger partial charge in [0.05, 0.1) is 24.4 Å². The molecule has 0 saturated heterocycles. The minimum Gasteiger partial charge on any atom is -0.390 e. The van der Waals surface area contributed by atoms with Gasteiger partial charge in [-0.25, -0.2) is 0 Å². The fraction of sp³-hybridized carbons (Fsp3) is 0.867.